The minimum Gasteiger partial charge on any atom is -0.366 e. The largest absolute Gasteiger partial charge is 0.366 e. The molecule has 1 heterocycles. The Labute approximate surface area is 104 Å². The maximum absolute atomic E-state index is 8.84. The normalized spacial score (nSPS) is 23.1. The lowest BCUT2D eigenvalue weighted by Crippen LogP contribution is -2.50. The van der Waals surface area contributed by atoms with Crippen LogP contribution in [0.15, 0.2) is 30.3 Å². The number of rotatable bonds is 2. The van der Waals surface area contributed by atoms with Gasteiger partial charge in [-0.15, -0.1) is 0 Å². The molecular weight excluding hydrogens is 208 g/mol. The summed E-state index contributed by atoms with van der Waals surface area (Å²) in [6, 6.07) is 12.9. The number of hydrogen-bond donors (Lipinski definition) is 0. The highest BCUT2D eigenvalue weighted by Gasteiger charge is 2.33. The van der Waals surface area contributed by atoms with Crippen molar-refractivity contribution in [1.82, 2.24) is 0 Å². The molecular formula is C15H20N2. The maximum Gasteiger partial charge on any atom is 0.0625 e. The van der Waals surface area contributed by atoms with Crippen LogP contribution in [0.5, 0.6) is 0 Å². The lowest BCUT2D eigenvalue weighted by molar-refractivity contribution is 0.293. The lowest BCUT2D eigenvalue weighted by Gasteiger charge is -2.47. The van der Waals surface area contributed by atoms with Gasteiger partial charge in [-0.1, -0.05) is 18.2 Å². The Bertz CT molecular complexity index is 403. The smallest absolute Gasteiger partial charge is 0.0625 e. The second kappa shape index (κ2) is 4.79. The quantitative estimate of drug-likeness (QED) is 0.773. The molecule has 1 aliphatic rings. The molecule has 1 aromatic rings. The van der Waals surface area contributed by atoms with Crippen molar-refractivity contribution < 1.29 is 0 Å². The van der Waals surface area contributed by atoms with Gasteiger partial charge < -0.3 is 4.90 Å². The van der Waals surface area contributed by atoms with Crippen molar-refractivity contribution in [2.45, 2.75) is 38.6 Å². The van der Waals surface area contributed by atoms with Gasteiger partial charge in [0.2, 0.25) is 0 Å². The SMILES string of the molecule is CC1(C)CCC(CC#N)CN1c1ccccc1. The highest BCUT2D eigenvalue weighted by molar-refractivity contribution is 5.49. The summed E-state index contributed by atoms with van der Waals surface area (Å²) in [6.07, 6.45) is 3.01. The first-order valence-electron chi connectivity index (χ1n) is 6.33. The summed E-state index contributed by atoms with van der Waals surface area (Å²) < 4.78 is 0. The Kier molecular flexibility index (Phi) is 3.38. The van der Waals surface area contributed by atoms with Crippen LogP contribution in [-0.2, 0) is 0 Å². The zero-order valence-electron chi connectivity index (χ0n) is 10.7. The molecule has 0 N–H and O–H groups in total. The van der Waals surface area contributed by atoms with E-state index in [0.29, 0.717) is 12.3 Å². The molecule has 1 saturated heterocycles. The minimum atomic E-state index is 0.202. The molecule has 2 heteroatoms. The molecule has 1 atom stereocenters. The Morgan fingerprint density at radius 2 is 2.06 bits per heavy atom. The Balaban J connectivity index is 2.20. The van der Waals surface area contributed by atoms with E-state index in [4.69, 9.17) is 5.26 Å². The molecule has 0 radical (unpaired) electrons. The standard InChI is InChI=1S/C15H20N2/c1-15(2)10-8-13(9-11-16)12-17(15)14-6-4-3-5-7-14/h3-7,13H,8-10,12H2,1-2H3. The van der Waals surface area contributed by atoms with Crippen LogP contribution in [0.3, 0.4) is 0 Å². The third-order valence-electron chi connectivity index (χ3n) is 3.78. The van der Waals surface area contributed by atoms with E-state index in [9.17, 15) is 0 Å². The second-order valence-electron chi connectivity index (χ2n) is 5.53. The van der Waals surface area contributed by atoms with Gasteiger partial charge in [0.25, 0.3) is 0 Å². The molecule has 1 unspecified atom stereocenters. The Morgan fingerprint density at radius 3 is 2.71 bits per heavy atom. The number of hydrogen-bond acceptors (Lipinski definition) is 2. The molecule has 0 spiro atoms. The number of benzene rings is 1. The summed E-state index contributed by atoms with van der Waals surface area (Å²) in [5.74, 6) is 0.522. The van der Waals surface area contributed by atoms with E-state index in [-0.39, 0.29) is 5.54 Å². The molecule has 2 nitrogen and oxygen atoms in total. The van der Waals surface area contributed by atoms with Gasteiger partial charge in [-0.25, -0.2) is 0 Å². The van der Waals surface area contributed by atoms with Crippen molar-refractivity contribution >= 4 is 5.69 Å². The Morgan fingerprint density at radius 1 is 1.35 bits per heavy atom. The summed E-state index contributed by atoms with van der Waals surface area (Å²) in [5, 5.41) is 8.84. The number of nitriles is 1. The van der Waals surface area contributed by atoms with E-state index in [2.05, 4.69) is 49.1 Å². The first kappa shape index (κ1) is 12.0. The Hall–Kier alpha value is -1.49. The van der Waals surface area contributed by atoms with Gasteiger partial charge in [0.1, 0.15) is 0 Å². The van der Waals surface area contributed by atoms with E-state index >= 15 is 0 Å². The van der Waals surface area contributed by atoms with Gasteiger partial charge in [-0.05, 0) is 44.7 Å². The van der Waals surface area contributed by atoms with Crippen LogP contribution in [0.4, 0.5) is 5.69 Å². The fraction of sp³-hybridized carbons (Fsp3) is 0.533. The zero-order chi connectivity index (χ0) is 12.3. The molecule has 0 aliphatic carbocycles. The van der Waals surface area contributed by atoms with E-state index in [1.807, 2.05) is 6.07 Å². The van der Waals surface area contributed by atoms with E-state index in [1.54, 1.807) is 0 Å². The van der Waals surface area contributed by atoms with Crippen LogP contribution in [0.25, 0.3) is 0 Å². The van der Waals surface area contributed by atoms with Crippen molar-refractivity contribution in [2.75, 3.05) is 11.4 Å². The summed E-state index contributed by atoms with van der Waals surface area (Å²) in [7, 11) is 0. The molecule has 2 rings (SSSR count). The highest BCUT2D eigenvalue weighted by atomic mass is 15.2. The van der Waals surface area contributed by atoms with Crippen molar-refractivity contribution in [3.05, 3.63) is 30.3 Å². The van der Waals surface area contributed by atoms with Gasteiger partial charge in [-0.2, -0.15) is 5.26 Å². The van der Waals surface area contributed by atoms with E-state index < -0.39 is 0 Å². The van der Waals surface area contributed by atoms with Crippen LogP contribution in [-0.4, -0.2) is 12.1 Å². The molecule has 17 heavy (non-hydrogen) atoms. The monoisotopic (exact) mass is 228 g/mol. The molecule has 90 valence electrons. The summed E-state index contributed by atoms with van der Waals surface area (Å²) in [5.41, 5.74) is 1.48. The fourth-order valence-corrected chi connectivity index (χ4v) is 2.65. The van der Waals surface area contributed by atoms with Crippen LogP contribution < -0.4 is 4.90 Å². The van der Waals surface area contributed by atoms with Gasteiger partial charge in [0.05, 0.1) is 6.07 Å². The van der Waals surface area contributed by atoms with E-state index in [0.717, 1.165) is 13.0 Å². The highest BCUT2D eigenvalue weighted by Crippen LogP contribution is 2.35. The average Bonchev–Trinajstić information content (AvgIpc) is 2.33. The maximum atomic E-state index is 8.84. The van der Waals surface area contributed by atoms with Crippen LogP contribution in [0.1, 0.15) is 33.1 Å². The lowest BCUT2D eigenvalue weighted by atomic mass is 9.83. The molecule has 0 amide bonds. The van der Waals surface area contributed by atoms with Crippen LogP contribution in [0.2, 0.25) is 0 Å². The van der Waals surface area contributed by atoms with Gasteiger partial charge in [0.15, 0.2) is 0 Å². The van der Waals surface area contributed by atoms with Crippen molar-refractivity contribution in [1.29, 1.82) is 5.26 Å². The van der Waals surface area contributed by atoms with Gasteiger partial charge in [-0.3, -0.25) is 0 Å². The zero-order valence-corrected chi connectivity index (χ0v) is 10.7. The molecule has 1 fully saturated rings. The van der Waals surface area contributed by atoms with E-state index in [1.165, 1.54) is 12.1 Å². The van der Waals surface area contributed by atoms with Crippen molar-refractivity contribution in [3.63, 3.8) is 0 Å². The molecule has 0 saturated carbocycles. The fourth-order valence-electron chi connectivity index (χ4n) is 2.65. The van der Waals surface area contributed by atoms with Gasteiger partial charge >= 0.3 is 0 Å². The predicted molar refractivity (Wildman–Crippen MR) is 70.8 cm³/mol. The first-order chi connectivity index (χ1) is 8.13. The molecule has 0 aromatic heterocycles. The van der Waals surface area contributed by atoms with Crippen molar-refractivity contribution in [2.24, 2.45) is 5.92 Å². The van der Waals surface area contributed by atoms with Crippen LogP contribution >= 0.6 is 0 Å². The molecule has 0 bridgehead atoms. The predicted octanol–water partition coefficient (Wildman–Crippen LogP) is 3.60. The third kappa shape index (κ3) is 2.61. The average molecular weight is 228 g/mol. The summed E-state index contributed by atoms with van der Waals surface area (Å²) in [4.78, 5) is 2.46. The number of piperidine rings is 1. The number of nitrogens with zero attached hydrogens (tertiary/aromatic N) is 2. The topological polar surface area (TPSA) is 27.0 Å². The number of para-hydroxylation sites is 1. The summed E-state index contributed by atoms with van der Waals surface area (Å²) in [6.45, 7) is 5.59. The third-order valence-corrected chi connectivity index (χ3v) is 3.78. The molecule has 1 aliphatic heterocycles. The van der Waals surface area contributed by atoms with Crippen molar-refractivity contribution in [3.8, 4) is 6.07 Å². The van der Waals surface area contributed by atoms with Crippen LogP contribution in [0, 0.1) is 17.2 Å². The van der Waals surface area contributed by atoms with Gasteiger partial charge in [0, 0.05) is 24.2 Å². The molecule has 1 aromatic carbocycles. The number of anilines is 1. The summed E-state index contributed by atoms with van der Waals surface area (Å²) >= 11 is 0. The minimum absolute atomic E-state index is 0.202. The second-order valence-corrected chi connectivity index (χ2v) is 5.53. The first-order valence-corrected chi connectivity index (χ1v) is 6.33.